The van der Waals surface area contributed by atoms with Gasteiger partial charge in [0.25, 0.3) is 0 Å². The minimum atomic E-state index is -0.781. The maximum atomic E-state index is 13.9. The highest BCUT2D eigenvalue weighted by molar-refractivity contribution is 6.31. The number of hydrogen-bond acceptors (Lipinski definition) is 5. The number of benzene rings is 4. The van der Waals surface area contributed by atoms with Gasteiger partial charge in [0.2, 0.25) is 11.9 Å². The van der Waals surface area contributed by atoms with E-state index in [1.807, 2.05) is 110 Å². The zero-order chi connectivity index (χ0) is 33.0. The lowest BCUT2D eigenvalue weighted by Gasteiger charge is -2.36. The van der Waals surface area contributed by atoms with Crippen molar-refractivity contribution < 1.29 is 4.79 Å². The number of fused-ring (bicyclic) bond motifs is 1. The van der Waals surface area contributed by atoms with Gasteiger partial charge in [0.15, 0.2) is 0 Å². The summed E-state index contributed by atoms with van der Waals surface area (Å²) in [4.78, 5) is 25.5. The fraction of sp³-hybridized carbons (Fsp3) is 0.289. The Morgan fingerprint density at radius 3 is 1.77 bits per heavy atom. The molecular formula is C38H38Cl3N5O. The summed E-state index contributed by atoms with van der Waals surface area (Å²) in [7, 11) is 4.00. The molecule has 6 rings (SSSR count). The fourth-order valence-corrected chi connectivity index (χ4v) is 7.11. The van der Waals surface area contributed by atoms with Crippen molar-refractivity contribution in [3.63, 3.8) is 0 Å². The first-order chi connectivity index (χ1) is 22.7. The Morgan fingerprint density at radius 2 is 1.26 bits per heavy atom. The van der Waals surface area contributed by atoms with Gasteiger partial charge in [-0.1, -0.05) is 83.3 Å². The lowest BCUT2D eigenvalue weighted by Crippen LogP contribution is -2.39. The Balaban J connectivity index is 1.15. The van der Waals surface area contributed by atoms with E-state index in [0.717, 1.165) is 59.1 Å². The van der Waals surface area contributed by atoms with E-state index in [1.54, 1.807) is 0 Å². The Kier molecular flexibility index (Phi) is 10.2. The average Bonchev–Trinajstić information content (AvgIpc) is 3.08. The van der Waals surface area contributed by atoms with Gasteiger partial charge >= 0.3 is 0 Å². The molecule has 2 N–H and O–H groups in total. The molecule has 1 aliphatic rings. The van der Waals surface area contributed by atoms with Crippen molar-refractivity contribution in [3.05, 3.63) is 129 Å². The van der Waals surface area contributed by atoms with E-state index >= 15 is 0 Å². The second-order valence-corrected chi connectivity index (χ2v) is 13.9. The van der Waals surface area contributed by atoms with E-state index in [4.69, 9.17) is 44.8 Å². The quantitative estimate of drug-likeness (QED) is 0.143. The van der Waals surface area contributed by atoms with Gasteiger partial charge in [0.05, 0.1) is 10.9 Å². The van der Waals surface area contributed by atoms with E-state index in [1.165, 1.54) is 0 Å². The molecule has 242 valence electrons. The van der Waals surface area contributed by atoms with E-state index in [0.29, 0.717) is 33.5 Å². The van der Waals surface area contributed by atoms with Gasteiger partial charge in [0, 0.05) is 53.6 Å². The van der Waals surface area contributed by atoms with Crippen LogP contribution in [-0.4, -0.2) is 42.6 Å². The van der Waals surface area contributed by atoms with E-state index in [2.05, 4.69) is 16.7 Å². The SMILES string of the molecule is CN(C)c1nc(NC2CCC(CNC(=O)CC(c3ccc(Cl)cc3)(c3ccc(Cl)cc3)c3ccc(Cl)cc3)CC2)nc2ccccc12. The maximum absolute atomic E-state index is 13.9. The molecule has 0 saturated heterocycles. The lowest BCUT2D eigenvalue weighted by molar-refractivity contribution is -0.122. The number of anilines is 2. The molecule has 1 fully saturated rings. The van der Waals surface area contributed by atoms with Gasteiger partial charge in [-0.25, -0.2) is 4.98 Å². The van der Waals surface area contributed by atoms with Gasteiger partial charge in [-0.05, 0) is 96.8 Å². The third kappa shape index (κ3) is 7.51. The first-order valence-corrected chi connectivity index (χ1v) is 17.1. The van der Waals surface area contributed by atoms with Gasteiger partial charge in [-0.3, -0.25) is 4.79 Å². The number of nitrogens with zero attached hydrogens (tertiary/aromatic N) is 3. The molecule has 4 aromatic carbocycles. The zero-order valence-corrected chi connectivity index (χ0v) is 28.8. The fourth-order valence-electron chi connectivity index (χ4n) is 6.73. The minimum Gasteiger partial charge on any atom is -0.362 e. The summed E-state index contributed by atoms with van der Waals surface area (Å²) < 4.78 is 0. The van der Waals surface area contributed by atoms with Crippen LogP contribution in [0.1, 0.15) is 48.8 Å². The molecule has 5 aromatic rings. The van der Waals surface area contributed by atoms with Gasteiger partial charge < -0.3 is 15.5 Å². The molecule has 0 atom stereocenters. The van der Waals surface area contributed by atoms with Crippen LogP contribution in [0.15, 0.2) is 97.1 Å². The molecule has 0 spiro atoms. The van der Waals surface area contributed by atoms with E-state index in [-0.39, 0.29) is 18.4 Å². The van der Waals surface area contributed by atoms with Crippen molar-refractivity contribution in [2.45, 2.75) is 43.6 Å². The third-order valence-electron chi connectivity index (χ3n) is 9.21. The number of para-hydroxylation sites is 1. The molecule has 1 amide bonds. The minimum absolute atomic E-state index is 0.0223. The number of amides is 1. The van der Waals surface area contributed by atoms with Crippen LogP contribution in [-0.2, 0) is 10.2 Å². The first-order valence-electron chi connectivity index (χ1n) is 16.0. The van der Waals surface area contributed by atoms with Crippen molar-refractivity contribution in [1.29, 1.82) is 0 Å². The standard InChI is InChI=1S/C38H38Cl3N5O/c1-46(2)36-33-5-3-4-6-34(33)44-37(45-36)43-32-21-7-25(8-22-32)24-42-35(47)23-38(26-9-15-29(39)16-10-26,27-11-17-30(40)18-12-27)28-13-19-31(41)20-14-28/h3-6,9-20,25,32H,7-8,21-24H2,1-2H3,(H,42,47)(H,43,44,45). The monoisotopic (exact) mass is 685 g/mol. The van der Waals surface area contributed by atoms with Crippen LogP contribution in [0.3, 0.4) is 0 Å². The van der Waals surface area contributed by atoms with Crippen molar-refractivity contribution >= 4 is 63.4 Å². The molecule has 47 heavy (non-hydrogen) atoms. The summed E-state index contributed by atoms with van der Waals surface area (Å²) in [5.74, 6) is 1.93. The van der Waals surface area contributed by atoms with Gasteiger partial charge in [-0.15, -0.1) is 0 Å². The zero-order valence-electron chi connectivity index (χ0n) is 26.5. The van der Waals surface area contributed by atoms with Crippen molar-refractivity contribution in [2.75, 3.05) is 30.9 Å². The molecule has 0 unspecified atom stereocenters. The van der Waals surface area contributed by atoms with Crippen LogP contribution in [0.4, 0.5) is 11.8 Å². The van der Waals surface area contributed by atoms with Crippen LogP contribution >= 0.6 is 34.8 Å². The highest BCUT2D eigenvalue weighted by atomic mass is 35.5. The van der Waals surface area contributed by atoms with Crippen LogP contribution < -0.4 is 15.5 Å². The summed E-state index contributed by atoms with van der Waals surface area (Å²) >= 11 is 18.9. The normalized spacial score (nSPS) is 16.5. The first kappa shape index (κ1) is 33.1. The second-order valence-electron chi connectivity index (χ2n) is 12.6. The number of rotatable bonds is 10. The molecule has 1 saturated carbocycles. The smallest absolute Gasteiger partial charge is 0.225 e. The van der Waals surface area contributed by atoms with E-state index in [9.17, 15) is 4.79 Å². The summed E-state index contributed by atoms with van der Waals surface area (Å²) in [5.41, 5.74) is 3.03. The second kappa shape index (κ2) is 14.5. The molecule has 1 heterocycles. The molecule has 6 nitrogen and oxygen atoms in total. The largest absolute Gasteiger partial charge is 0.362 e. The third-order valence-corrected chi connectivity index (χ3v) is 9.97. The number of carbonyl (C=O) groups is 1. The lowest BCUT2D eigenvalue weighted by atomic mass is 9.67. The molecule has 0 bridgehead atoms. The van der Waals surface area contributed by atoms with Crippen LogP contribution in [0.25, 0.3) is 10.9 Å². The Morgan fingerprint density at radius 1 is 0.745 bits per heavy atom. The number of hydrogen-bond donors (Lipinski definition) is 2. The highest BCUT2D eigenvalue weighted by Gasteiger charge is 2.39. The number of halogens is 3. The maximum Gasteiger partial charge on any atom is 0.225 e. The van der Waals surface area contributed by atoms with Crippen molar-refractivity contribution in [2.24, 2.45) is 5.92 Å². The predicted molar refractivity (Wildman–Crippen MR) is 195 cm³/mol. The molecule has 0 radical (unpaired) electrons. The Labute approximate surface area is 291 Å². The summed E-state index contributed by atoms with van der Waals surface area (Å²) in [6.45, 7) is 0.626. The van der Waals surface area contributed by atoms with E-state index < -0.39 is 5.41 Å². The molecule has 9 heteroatoms. The average molecular weight is 687 g/mol. The topological polar surface area (TPSA) is 70.2 Å². The van der Waals surface area contributed by atoms with Gasteiger partial charge in [0.1, 0.15) is 5.82 Å². The van der Waals surface area contributed by atoms with Crippen LogP contribution in [0.2, 0.25) is 15.1 Å². The summed E-state index contributed by atoms with van der Waals surface area (Å²) in [5, 5.41) is 9.81. The molecule has 0 aliphatic heterocycles. The Bertz CT molecular complexity index is 1710. The van der Waals surface area contributed by atoms with Gasteiger partial charge in [-0.2, -0.15) is 4.98 Å². The van der Waals surface area contributed by atoms with Crippen LogP contribution in [0, 0.1) is 5.92 Å². The molecule has 1 aromatic heterocycles. The number of carbonyl (C=O) groups excluding carboxylic acids is 1. The molecular weight excluding hydrogens is 649 g/mol. The predicted octanol–water partition coefficient (Wildman–Crippen LogP) is 9.17. The Hall–Kier alpha value is -3.84. The van der Waals surface area contributed by atoms with Crippen LogP contribution in [0.5, 0.6) is 0 Å². The van der Waals surface area contributed by atoms with Crippen molar-refractivity contribution in [1.82, 2.24) is 15.3 Å². The summed E-state index contributed by atoms with van der Waals surface area (Å²) in [6, 6.07) is 31.5. The molecule has 1 aliphatic carbocycles. The van der Waals surface area contributed by atoms with Crippen molar-refractivity contribution in [3.8, 4) is 0 Å². The number of nitrogens with one attached hydrogen (secondary N) is 2. The highest BCUT2D eigenvalue weighted by Crippen LogP contribution is 2.43. The number of aromatic nitrogens is 2. The summed E-state index contributed by atoms with van der Waals surface area (Å²) in [6.07, 6.45) is 4.18.